The molecule has 3 rings (SSSR count). The first-order chi connectivity index (χ1) is 12.7. The monoisotopic (exact) mass is 370 g/mol. The highest BCUT2D eigenvalue weighted by atomic mass is 32.1. The summed E-state index contributed by atoms with van der Waals surface area (Å²) in [5.74, 6) is 1.06. The van der Waals surface area contributed by atoms with Crippen molar-refractivity contribution in [2.45, 2.75) is 26.3 Å². The summed E-state index contributed by atoms with van der Waals surface area (Å²) in [6, 6.07) is 13.2. The van der Waals surface area contributed by atoms with E-state index in [1.165, 1.54) is 0 Å². The molecule has 0 unspecified atom stereocenters. The fraction of sp³-hybridized carbons (Fsp3) is 0.300. The van der Waals surface area contributed by atoms with Gasteiger partial charge in [-0.2, -0.15) is 0 Å². The maximum absolute atomic E-state index is 12.4. The number of nitrogens with one attached hydrogen (secondary N) is 1. The second kappa shape index (κ2) is 8.67. The van der Waals surface area contributed by atoms with Crippen molar-refractivity contribution in [3.63, 3.8) is 0 Å². The normalized spacial score (nSPS) is 10.7. The zero-order valence-electron chi connectivity index (χ0n) is 15.0. The second-order valence-corrected chi connectivity index (χ2v) is 6.94. The third-order valence-corrected chi connectivity index (χ3v) is 4.96. The van der Waals surface area contributed by atoms with E-state index in [9.17, 15) is 4.79 Å². The third-order valence-electron chi connectivity index (χ3n) is 3.92. The van der Waals surface area contributed by atoms with Crippen LogP contribution in [0.1, 0.15) is 35.1 Å². The number of amides is 1. The number of rotatable bonds is 8. The van der Waals surface area contributed by atoms with Crippen LogP contribution in [0, 0.1) is 0 Å². The molecule has 0 spiro atoms. The smallest absolute Gasteiger partial charge is 0.251 e. The molecule has 136 valence electrons. The molecule has 0 radical (unpaired) electrons. The van der Waals surface area contributed by atoms with E-state index in [1.54, 1.807) is 36.6 Å². The zero-order valence-corrected chi connectivity index (χ0v) is 15.8. The standard InChI is InChI=1S/C20H22N2O3S/c1-3-4-11-25-16-10-9-14(12-17(16)24-2)20(23)21-13-19-22-15-7-5-6-8-18(15)26-19/h5-10,12H,3-4,11,13H2,1-2H3,(H,21,23). The van der Waals surface area contributed by atoms with Gasteiger partial charge in [-0.3, -0.25) is 4.79 Å². The van der Waals surface area contributed by atoms with Gasteiger partial charge in [-0.15, -0.1) is 11.3 Å². The number of hydrogen-bond acceptors (Lipinski definition) is 5. The van der Waals surface area contributed by atoms with Crippen LogP contribution in [0.3, 0.4) is 0 Å². The average Bonchev–Trinajstić information content (AvgIpc) is 3.09. The summed E-state index contributed by atoms with van der Waals surface area (Å²) >= 11 is 1.59. The molecule has 0 bridgehead atoms. The van der Waals surface area contributed by atoms with Gasteiger partial charge in [0.2, 0.25) is 0 Å². The number of aromatic nitrogens is 1. The van der Waals surface area contributed by atoms with Crippen LogP contribution in [-0.2, 0) is 6.54 Å². The number of ether oxygens (including phenoxy) is 2. The Balaban J connectivity index is 1.65. The summed E-state index contributed by atoms with van der Waals surface area (Å²) in [7, 11) is 1.57. The molecule has 0 atom stereocenters. The number of unbranched alkanes of at least 4 members (excludes halogenated alkanes) is 1. The molecule has 2 aromatic carbocycles. The molecule has 0 aliphatic carbocycles. The SMILES string of the molecule is CCCCOc1ccc(C(=O)NCc2nc3ccccc3s2)cc1OC. The molecule has 0 saturated carbocycles. The fourth-order valence-corrected chi connectivity index (χ4v) is 3.42. The Kier molecular flexibility index (Phi) is 6.07. The van der Waals surface area contributed by atoms with Crippen molar-refractivity contribution in [2.75, 3.05) is 13.7 Å². The van der Waals surface area contributed by atoms with Gasteiger partial charge in [0.1, 0.15) is 5.01 Å². The molecule has 5 nitrogen and oxygen atoms in total. The van der Waals surface area contributed by atoms with Gasteiger partial charge in [-0.05, 0) is 36.8 Å². The Morgan fingerprint density at radius 1 is 1.19 bits per heavy atom. The largest absolute Gasteiger partial charge is 0.493 e. The lowest BCUT2D eigenvalue weighted by molar-refractivity contribution is 0.0950. The molecule has 1 heterocycles. The number of para-hydroxylation sites is 1. The number of hydrogen-bond donors (Lipinski definition) is 1. The Morgan fingerprint density at radius 2 is 2.04 bits per heavy atom. The highest BCUT2D eigenvalue weighted by Gasteiger charge is 2.12. The van der Waals surface area contributed by atoms with Crippen LogP contribution < -0.4 is 14.8 Å². The minimum absolute atomic E-state index is 0.164. The Hall–Kier alpha value is -2.60. The first-order valence-electron chi connectivity index (χ1n) is 8.64. The van der Waals surface area contributed by atoms with E-state index >= 15 is 0 Å². The van der Waals surface area contributed by atoms with Crippen LogP contribution in [0.15, 0.2) is 42.5 Å². The van der Waals surface area contributed by atoms with E-state index < -0.39 is 0 Å². The summed E-state index contributed by atoms with van der Waals surface area (Å²) in [5, 5.41) is 3.79. The predicted octanol–water partition coefficient (Wildman–Crippen LogP) is 4.41. The van der Waals surface area contributed by atoms with E-state index in [1.807, 2.05) is 24.3 Å². The van der Waals surface area contributed by atoms with Crippen LogP contribution in [0.4, 0.5) is 0 Å². The van der Waals surface area contributed by atoms with Gasteiger partial charge in [-0.1, -0.05) is 25.5 Å². The lowest BCUT2D eigenvalue weighted by Crippen LogP contribution is -2.22. The minimum atomic E-state index is -0.164. The van der Waals surface area contributed by atoms with Gasteiger partial charge in [-0.25, -0.2) is 4.98 Å². The van der Waals surface area contributed by atoms with Crippen molar-refractivity contribution >= 4 is 27.5 Å². The topological polar surface area (TPSA) is 60.5 Å². The van der Waals surface area contributed by atoms with Crippen molar-refractivity contribution < 1.29 is 14.3 Å². The number of fused-ring (bicyclic) bond motifs is 1. The van der Waals surface area contributed by atoms with Crippen LogP contribution in [-0.4, -0.2) is 24.6 Å². The molecule has 1 amide bonds. The molecule has 0 saturated heterocycles. The van der Waals surface area contributed by atoms with Gasteiger partial charge >= 0.3 is 0 Å². The van der Waals surface area contributed by atoms with E-state index in [-0.39, 0.29) is 5.91 Å². The van der Waals surface area contributed by atoms with Crippen LogP contribution >= 0.6 is 11.3 Å². The van der Waals surface area contributed by atoms with Crippen molar-refractivity contribution in [3.8, 4) is 11.5 Å². The van der Waals surface area contributed by atoms with Gasteiger partial charge in [0, 0.05) is 5.56 Å². The summed E-state index contributed by atoms with van der Waals surface area (Å²) in [5.41, 5.74) is 1.49. The van der Waals surface area contributed by atoms with Crippen LogP contribution in [0.2, 0.25) is 0 Å². The molecule has 0 fully saturated rings. The van der Waals surface area contributed by atoms with Gasteiger partial charge in [0.25, 0.3) is 5.91 Å². The second-order valence-electron chi connectivity index (χ2n) is 5.83. The van der Waals surface area contributed by atoms with E-state index in [0.717, 1.165) is 28.1 Å². The number of carbonyl (C=O) groups excluding carboxylic acids is 1. The van der Waals surface area contributed by atoms with Crippen LogP contribution in [0.5, 0.6) is 11.5 Å². The molecule has 1 N–H and O–H groups in total. The number of carbonyl (C=O) groups is 1. The maximum atomic E-state index is 12.4. The molecule has 6 heteroatoms. The average molecular weight is 370 g/mol. The number of thiazole rings is 1. The quantitative estimate of drug-likeness (QED) is 0.597. The lowest BCUT2D eigenvalue weighted by atomic mass is 10.2. The molecule has 3 aromatic rings. The molecular formula is C20H22N2O3S. The van der Waals surface area contributed by atoms with E-state index in [0.29, 0.717) is 30.2 Å². The molecular weight excluding hydrogens is 348 g/mol. The molecule has 1 aromatic heterocycles. The highest BCUT2D eigenvalue weighted by molar-refractivity contribution is 7.18. The predicted molar refractivity (Wildman–Crippen MR) is 104 cm³/mol. The highest BCUT2D eigenvalue weighted by Crippen LogP contribution is 2.28. The van der Waals surface area contributed by atoms with E-state index in [2.05, 4.69) is 17.2 Å². The van der Waals surface area contributed by atoms with Crippen molar-refractivity contribution in [1.29, 1.82) is 0 Å². The first kappa shape index (κ1) is 18.2. The number of benzene rings is 2. The van der Waals surface area contributed by atoms with Crippen LogP contribution in [0.25, 0.3) is 10.2 Å². The van der Waals surface area contributed by atoms with Crippen molar-refractivity contribution in [2.24, 2.45) is 0 Å². The fourth-order valence-electron chi connectivity index (χ4n) is 2.51. The summed E-state index contributed by atoms with van der Waals surface area (Å²) in [4.78, 5) is 17.0. The lowest BCUT2D eigenvalue weighted by Gasteiger charge is -2.12. The van der Waals surface area contributed by atoms with Gasteiger partial charge in [0.05, 0.1) is 30.5 Å². The summed E-state index contributed by atoms with van der Waals surface area (Å²) in [6.45, 7) is 3.14. The Bertz CT molecular complexity index is 859. The van der Waals surface area contributed by atoms with Crippen molar-refractivity contribution in [1.82, 2.24) is 10.3 Å². The third kappa shape index (κ3) is 4.32. The summed E-state index contributed by atoms with van der Waals surface area (Å²) in [6.07, 6.45) is 2.04. The maximum Gasteiger partial charge on any atom is 0.251 e. The van der Waals surface area contributed by atoms with Gasteiger partial charge in [0.15, 0.2) is 11.5 Å². The number of nitrogens with zero attached hydrogens (tertiary/aromatic N) is 1. The number of methoxy groups -OCH3 is 1. The zero-order chi connectivity index (χ0) is 18.4. The summed E-state index contributed by atoms with van der Waals surface area (Å²) < 4.78 is 12.2. The molecule has 26 heavy (non-hydrogen) atoms. The van der Waals surface area contributed by atoms with E-state index in [4.69, 9.17) is 9.47 Å². The first-order valence-corrected chi connectivity index (χ1v) is 9.46. The molecule has 0 aliphatic rings. The Morgan fingerprint density at radius 3 is 2.81 bits per heavy atom. The van der Waals surface area contributed by atoms with Gasteiger partial charge < -0.3 is 14.8 Å². The molecule has 0 aliphatic heterocycles. The minimum Gasteiger partial charge on any atom is -0.493 e. The Labute approximate surface area is 157 Å². The van der Waals surface area contributed by atoms with Crippen molar-refractivity contribution in [3.05, 3.63) is 53.0 Å².